The van der Waals surface area contributed by atoms with Gasteiger partial charge in [-0.3, -0.25) is 4.79 Å². The Morgan fingerprint density at radius 3 is 2.30 bits per heavy atom. The molecule has 1 amide bonds. The number of ether oxygens (including phenoxy) is 2. The topological polar surface area (TPSA) is 125 Å². The molecule has 23 heavy (non-hydrogen) atoms. The molecule has 3 N–H and O–H groups in total. The highest BCUT2D eigenvalue weighted by Gasteiger charge is 2.23. The molecule has 0 fully saturated rings. The summed E-state index contributed by atoms with van der Waals surface area (Å²) in [5, 5.41) is 7.64. The van der Waals surface area contributed by atoms with Crippen molar-refractivity contribution >= 4 is 21.9 Å². The molecule has 1 atom stereocenters. The van der Waals surface area contributed by atoms with Gasteiger partial charge in [0.15, 0.2) is 6.10 Å². The molecule has 0 spiro atoms. The maximum atomic E-state index is 12.2. The zero-order valence-corrected chi connectivity index (χ0v) is 14.1. The van der Waals surface area contributed by atoms with E-state index in [0.717, 1.165) is 6.07 Å². The first kappa shape index (κ1) is 18.9. The van der Waals surface area contributed by atoms with Crippen molar-refractivity contribution in [3.8, 4) is 5.75 Å². The van der Waals surface area contributed by atoms with Crippen LogP contribution < -0.4 is 15.2 Å². The van der Waals surface area contributed by atoms with E-state index in [0.29, 0.717) is 0 Å². The van der Waals surface area contributed by atoms with Gasteiger partial charge in [0.2, 0.25) is 10.0 Å². The number of hydrogen-bond acceptors (Lipinski definition) is 6. The summed E-state index contributed by atoms with van der Waals surface area (Å²) >= 11 is 0. The van der Waals surface area contributed by atoms with Crippen LogP contribution in [0.1, 0.15) is 31.1 Å². The number of benzene rings is 1. The normalized spacial score (nSPS) is 12.6. The molecule has 1 aromatic carbocycles. The third-order valence-electron chi connectivity index (χ3n) is 2.80. The maximum absolute atomic E-state index is 12.2. The Labute approximate surface area is 135 Å². The quantitative estimate of drug-likeness (QED) is 0.720. The molecule has 0 saturated carbocycles. The van der Waals surface area contributed by atoms with Crippen molar-refractivity contribution in [3.63, 3.8) is 0 Å². The fourth-order valence-corrected chi connectivity index (χ4v) is 2.24. The van der Waals surface area contributed by atoms with Crippen LogP contribution in [0.4, 0.5) is 0 Å². The number of amides is 1. The molecule has 0 radical (unpaired) electrons. The summed E-state index contributed by atoms with van der Waals surface area (Å²) in [6.07, 6.45) is -1.05. The molecule has 1 rings (SSSR count). The Morgan fingerprint density at radius 2 is 1.83 bits per heavy atom. The summed E-state index contributed by atoms with van der Waals surface area (Å²) in [4.78, 5) is 23.7. The third-order valence-corrected chi connectivity index (χ3v) is 3.71. The molecule has 0 aliphatic rings. The van der Waals surface area contributed by atoms with E-state index in [-0.39, 0.29) is 22.3 Å². The van der Waals surface area contributed by atoms with Gasteiger partial charge in [-0.1, -0.05) is 0 Å². The van der Waals surface area contributed by atoms with E-state index in [1.54, 1.807) is 13.8 Å². The van der Waals surface area contributed by atoms with Crippen molar-refractivity contribution in [3.05, 3.63) is 23.8 Å². The Bertz CT molecular complexity index is 699. The summed E-state index contributed by atoms with van der Waals surface area (Å²) in [7, 11) is -2.67. The van der Waals surface area contributed by atoms with E-state index in [9.17, 15) is 18.0 Å². The van der Waals surface area contributed by atoms with Crippen LogP contribution in [0.2, 0.25) is 0 Å². The summed E-state index contributed by atoms with van der Waals surface area (Å²) in [6.45, 7) is 4.95. The van der Waals surface area contributed by atoms with Gasteiger partial charge in [0.25, 0.3) is 5.91 Å². The predicted octanol–water partition coefficient (Wildman–Crippen LogP) is 0.412. The summed E-state index contributed by atoms with van der Waals surface area (Å²) < 4.78 is 32.8. The summed E-state index contributed by atoms with van der Waals surface area (Å²) in [5.41, 5.74) is -0.136. The number of esters is 1. The molecule has 0 bridgehead atoms. The van der Waals surface area contributed by atoms with Crippen molar-refractivity contribution < 1.29 is 27.5 Å². The van der Waals surface area contributed by atoms with E-state index >= 15 is 0 Å². The van der Waals surface area contributed by atoms with Gasteiger partial charge in [-0.25, -0.2) is 18.4 Å². The van der Waals surface area contributed by atoms with Crippen molar-refractivity contribution in [2.75, 3.05) is 7.11 Å². The van der Waals surface area contributed by atoms with Crippen LogP contribution >= 0.6 is 0 Å². The zero-order valence-electron chi connectivity index (χ0n) is 13.3. The van der Waals surface area contributed by atoms with E-state index < -0.39 is 28.0 Å². The molecule has 0 aliphatic heterocycles. The second kappa shape index (κ2) is 7.42. The van der Waals surface area contributed by atoms with Crippen LogP contribution in [0.5, 0.6) is 5.75 Å². The van der Waals surface area contributed by atoms with E-state index in [4.69, 9.17) is 14.6 Å². The number of primary sulfonamides is 1. The molecule has 8 nitrogen and oxygen atoms in total. The smallest absolute Gasteiger partial charge is 0.342 e. The van der Waals surface area contributed by atoms with Crippen LogP contribution in [0, 0.1) is 0 Å². The van der Waals surface area contributed by atoms with Gasteiger partial charge in [-0.05, 0) is 39.0 Å². The van der Waals surface area contributed by atoms with Gasteiger partial charge in [0, 0.05) is 6.04 Å². The van der Waals surface area contributed by atoms with Crippen LogP contribution in [-0.2, 0) is 19.6 Å². The average molecular weight is 344 g/mol. The lowest BCUT2D eigenvalue weighted by atomic mass is 10.2. The van der Waals surface area contributed by atoms with Gasteiger partial charge < -0.3 is 14.8 Å². The zero-order chi connectivity index (χ0) is 17.8. The van der Waals surface area contributed by atoms with Crippen molar-refractivity contribution in [1.29, 1.82) is 0 Å². The van der Waals surface area contributed by atoms with Gasteiger partial charge in [-0.15, -0.1) is 0 Å². The monoisotopic (exact) mass is 344 g/mol. The van der Waals surface area contributed by atoms with Crippen LogP contribution in [0.25, 0.3) is 0 Å². The van der Waals surface area contributed by atoms with Crippen LogP contribution in [-0.4, -0.2) is 39.5 Å². The highest BCUT2D eigenvalue weighted by molar-refractivity contribution is 7.89. The number of carbonyl (C=O) groups excluding carboxylic acids is 2. The van der Waals surface area contributed by atoms with Crippen LogP contribution in [0.3, 0.4) is 0 Å². The number of methoxy groups -OCH3 is 1. The van der Waals surface area contributed by atoms with E-state index in [1.807, 2.05) is 0 Å². The molecule has 0 aliphatic carbocycles. The maximum Gasteiger partial charge on any atom is 0.342 e. The lowest BCUT2D eigenvalue weighted by Gasteiger charge is -2.16. The van der Waals surface area contributed by atoms with Gasteiger partial charge in [0.1, 0.15) is 11.3 Å². The lowest BCUT2D eigenvalue weighted by molar-refractivity contribution is -0.129. The summed E-state index contributed by atoms with van der Waals surface area (Å²) in [6, 6.07) is 3.43. The number of sulfonamides is 1. The first-order valence-corrected chi connectivity index (χ1v) is 8.33. The van der Waals surface area contributed by atoms with E-state index in [1.165, 1.54) is 26.2 Å². The predicted molar refractivity (Wildman–Crippen MR) is 82.5 cm³/mol. The molecule has 0 aromatic heterocycles. The third kappa shape index (κ3) is 5.22. The molecule has 9 heteroatoms. The lowest BCUT2D eigenvalue weighted by Crippen LogP contribution is -2.39. The van der Waals surface area contributed by atoms with Gasteiger partial charge in [0.05, 0.1) is 12.0 Å². The fraction of sp³-hybridized carbons (Fsp3) is 0.429. The molecule has 128 valence electrons. The Kier molecular flexibility index (Phi) is 6.11. The molecule has 1 aromatic rings. The number of nitrogens with two attached hydrogens (primary N) is 1. The number of carbonyl (C=O) groups is 2. The molecular formula is C14H20N2O6S. The minimum absolute atomic E-state index is 0.108. The Hall–Kier alpha value is -2.13. The highest BCUT2D eigenvalue weighted by atomic mass is 32.2. The fourth-order valence-electron chi connectivity index (χ4n) is 1.70. The van der Waals surface area contributed by atoms with Gasteiger partial charge >= 0.3 is 5.97 Å². The Balaban J connectivity index is 3.05. The van der Waals surface area contributed by atoms with Crippen molar-refractivity contribution in [2.24, 2.45) is 5.14 Å². The Morgan fingerprint density at radius 1 is 1.22 bits per heavy atom. The SMILES string of the molecule is COc1ccc(S(N)(=O)=O)cc1C(=O)O[C@@H](C)C(=O)NC(C)C. The van der Waals surface area contributed by atoms with Crippen molar-refractivity contribution in [1.82, 2.24) is 5.32 Å². The van der Waals surface area contributed by atoms with E-state index in [2.05, 4.69) is 5.32 Å². The largest absolute Gasteiger partial charge is 0.496 e. The first-order chi connectivity index (χ1) is 10.6. The van der Waals surface area contributed by atoms with Crippen molar-refractivity contribution in [2.45, 2.75) is 37.8 Å². The molecular weight excluding hydrogens is 324 g/mol. The standard InChI is InChI=1S/C14H20N2O6S/c1-8(2)16-13(17)9(3)22-14(18)11-7-10(23(15,19)20)5-6-12(11)21-4/h5-9H,1-4H3,(H,16,17)(H2,15,19,20)/t9-/m0/s1. The van der Waals surface area contributed by atoms with Crippen LogP contribution in [0.15, 0.2) is 23.1 Å². The minimum atomic E-state index is -3.99. The first-order valence-electron chi connectivity index (χ1n) is 6.78. The molecule has 0 heterocycles. The second-order valence-electron chi connectivity index (χ2n) is 5.12. The number of nitrogens with one attached hydrogen (secondary N) is 1. The highest BCUT2D eigenvalue weighted by Crippen LogP contribution is 2.23. The average Bonchev–Trinajstić information content (AvgIpc) is 2.44. The molecule has 0 unspecified atom stereocenters. The van der Waals surface area contributed by atoms with Gasteiger partial charge in [-0.2, -0.15) is 0 Å². The number of rotatable bonds is 6. The number of hydrogen-bond donors (Lipinski definition) is 2. The second-order valence-corrected chi connectivity index (χ2v) is 6.68. The summed E-state index contributed by atoms with van der Waals surface area (Å²) in [5.74, 6) is -1.24. The molecule has 0 saturated heterocycles. The minimum Gasteiger partial charge on any atom is -0.496 e.